The normalized spacial score (nSPS) is 18.5. The molecule has 1 aliphatic heterocycles. The Balaban J connectivity index is 0.00000180. The van der Waals surface area contributed by atoms with E-state index in [1.165, 1.54) is 19.3 Å². The van der Waals surface area contributed by atoms with E-state index in [-0.39, 0.29) is 12.4 Å². The monoisotopic (exact) mass is 285 g/mol. The largest absolute Gasteiger partial charge is 0.494 e. The van der Waals surface area contributed by atoms with Crippen molar-refractivity contribution in [2.24, 2.45) is 0 Å². The van der Waals surface area contributed by atoms with Crippen LogP contribution in [0.2, 0.25) is 0 Å². The third-order valence-corrected chi connectivity index (χ3v) is 3.26. The minimum atomic E-state index is 0. The maximum absolute atomic E-state index is 5.78. The molecule has 0 amide bonds. The van der Waals surface area contributed by atoms with E-state index in [2.05, 4.69) is 5.32 Å². The number of nitrogens with one attached hydrogen (secondary N) is 1. The second kappa shape index (κ2) is 9.05. The number of benzene rings is 1. The van der Waals surface area contributed by atoms with Crippen LogP contribution in [-0.4, -0.2) is 25.8 Å². The summed E-state index contributed by atoms with van der Waals surface area (Å²) in [6.45, 7) is 4.61. The molecule has 1 fully saturated rings. The molecule has 1 aromatic carbocycles. The second-order valence-electron chi connectivity index (χ2n) is 4.69. The Kier molecular flexibility index (Phi) is 7.68. The van der Waals surface area contributed by atoms with E-state index in [1.54, 1.807) is 0 Å². The topological polar surface area (TPSA) is 30.5 Å². The van der Waals surface area contributed by atoms with Gasteiger partial charge in [-0.3, -0.25) is 0 Å². The van der Waals surface area contributed by atoms with Crippen LogP contribution in [0.1, 0.15) is 32.6 Å². The first-order valence-electron chi connectivity index (χ1n) is 6.97. The molecule has 1 saturated heterocycles. The lowest BCUT2D eigenvalue weighted by molar-refractivity contribution is 0.266. The highest BCUT2D eigenvalue weighted by Gasteiger charge is 2.12. The van der Waals surface area contributed by atoms with Gasteiger partial charge in [0.15, 0.2) is 0 Å². The highest BCUT2D eigenvalue weighted by Crippen LogP contribution is 2.20. The van der Waals surface area contributed by atoms with E-state index >= 15 is 0 Å². The SMILES string of the molecule is CCOc1cccc(OCCC2CCCCN2)c1.Cl. The van der Waals surface area contributed by atoms with E-state index in [1.807, 2.05) is 31.2 Å². The van der Waals surface area contributed by atoms with Crippen LogP contribution in [0, 0.1) is 0 Å². The molecule has 0 saturated carbocycles. The van der Waals surface area contributed by atoms with Crippen molar-refractivity contribution in [1.82, 2.24) is 5.32 Å². The summed E-state index contributed by atoms with van der Waals surface area (Å²) in [7, 11) is 0. The number of ether oxygens (including phenoxy) is 2. The van der Waals surface area contributed by atoms with Gasteiger partial charge in [0.25, 0.3) is 0 Å². The van der Waals surface area contributed by atoms with Crippen molar-refractivity contribution in [1.29, 1.82) is 0 Å². The van der Waals surface area contributed by atoms with Crippen molar-refractivity contribution in [3.05, 3.63) is 24.3 Å². The zero-order chi connectivity index (χ0) is 12.6. The van der Waals surface area contributed by atoms with Gasteiger partial charge >= 0.3 is 0 Å². The minimum Gasteiger partial charge on any atom is -0.494 e. The Labute approximate surface area is 122 Å². The van der Waals surface area contributed by atoms with Gasteiger partial charge < -0.3 is 14.8 Å². The number of halogens is 1. The highest BCUT2D eigenvalue weighted by molar-refractivity contribution is 5.85. The molecule has 1 aliphatic rings. The molecule has 1 heterocycles. The lowest BCUT2D eigenvalue weighted by atomic mass is 10.0. The van der Waals surface area contributed by atoms with Crippen LogP contribution >= 0.6 is 12.4 Å². The molecule has 1 unspecified atom stereocenters. The van der Waals surface area contributed by atoms with Crippen molar-refractivity contribution in [2.75, 3.05) is 19.8 Å². The Morgan fingerprint density at radius 2 is 2.00 bits per heavy atom. The first-order chi connectivity index (χ1) is 8.88. The highest BCUT2D eigenvalue weighted by atomic mass is 35.5. The fraction of sp³-hybridized carbons (Fsp3) is 0.600. The standard InChI is InChI=1S/C15H23NO2.ClH/c1-2-17-14-7-5-8-15(12-14)18-11-9-13-6-3-4-10-16-13;/h5,7-8,12-13,16H,2-4,6,9-11H2,1H3;1H. The molecule has 108 valence electrons. The molecule has 0 aliphatic carbocycles. The van der Waals surface area contributed by atoms with Gasteiger partial charge in [0.05, 0.1) is 13.2 Å². The lowest BCUT2D eigenvalue weighted by Crippen LogP contribution is -2.35. The quantitative estimate of drug-likeness (QED) is 0.869. The molecule has 0 radical (unpaired) electrons. The number of hydrogen-bond acceptors (Lipinski definition) is 3. The number of piperidine rings is 1. The van der Waals surface area contributed by atoms with Crippen LogP contribution in [-0.2, 0) is 0 Å². The van der Waals surface area contributed by atoms with E-state index in [4.69, 9.17) is 9.47 Å². The Bertz CT molecular complexity index is 354. The van der Waals surface area contributed by atoms with Crippen molar-refractivity contribution in [3.63, 3.8) is 0 Å². The molecular weight excluding hydrogens is 262 g/mol. The predicted octanol–water partition coefficient (Wildman–Crippen LogP) is 3.42. The summed E-state index contributed by atoms with van der Waals surface area (Å²) in [5.74, 6) is 1.78. The van der Waals surface area contributed by atoms with Gasteiger partial charge in [0, 0.05) is 12.1 Å². The van der Waals surface area contributed by atoms with E-state index in [9.17, 15) is 0 Å². The maximum Gasteiger partial charge on any atom is 0.122 e. The molecule has 0 bridgehead atoms. The predicted molar refractivity (Wildman–Crippen MR) is 80.6 cm³/mol. The molecule has 19 heavy (non-hydrogen) atoms. The third-order valence-electron chi connectivity index (χ3n) is 3.26. The summed E-state index contributed by atoms with van der Waals surface area (Å²) in [4.78, 5) is 0. The number of hydrogen-bond donors (Lipinski definition) is 1. The summed E-state index contributed by atoms with van der Waals surface area (Å²) < 4.78 is 11.2. The average Bonchev–Trinajstić information content (AvgIpc) is 2.41. The van der Waals surface area contributed by atoms with Gasteiger partial charge in [-0.15, -0.1) is 12.4 Å². The molecule has 3 nitrogen and oxygen atoms in total. The van der Waals surface area contributed by atoms with Gasteiger partial charge in [-0.1, -0.05) is 12.5 Å². The van der Waals surface area contributed by atoms with Gasteiger partial charge in [0.1, 0.15) is 11.5 Å². The molecule has 2 rings (SSSR count). The summed E-state index contributed by atoms with van der Waals surface area (Å²) in [5.41, 5.74) is 0. The zero-order valence-electron chi connectivity index (χ0n) is 11.6. The van der Waals surface area contributed by atoms with E-state index < -0.39 is 0 Å². The molecule has 0 aromatic heterocycles. The van der Waals surface area contributed by atoms with Gasteiger partial charge in [-0.25, -0.2) is 0 Å². The summed E-state index contributed by atoms with van der Waals surface area (Å²) >= 11 is 0. The van der Waals surface area contributed by atoms with Crippen LogP contribution in [0.4, 0.5) is 0 Å². The van der Waals surface area contributed by atoms with Crippen LogP contribution in [0.3, 0.4) is 0 Å². The molecule has 1 aromatic rings. The van der Waals surface area contributed by atoms with Crippen molar-refractivity contribution >= 4 is 12.4 Å². The summed E-state index contributed by atoms with van der Waals surface area (Å²) in [5, 5.41) is 3.53. The Morgan fingerprint density at radius 1 is 1.21 bits per heavy atom. The molecule has 4 heteroatoms. The van der Waals surface area contributed by atoms with Crippen molar-refractivity contribution in [3.8, 4) is 11.5 Å². The Hall–Kier alpha value is -0.930. The third kappa shape index (κ3) is 5.70. The maximum atomic E-state index is 5.78. The molecule has 1 N–H and O–H groups in total. The van der Waals surface area contributed by atoms with Crippen molar-refractivity contribution < 1.29 is 9.47 Å². The molecule has 1 atom stereocenters. The van der Waals surface area contributed by atoms with Crippen LogP contribution in [0.5, 0.6) is 11.5 Å². The Morgan fingerprint density at radius 3 is 2.68 bits per heavy atom. The number of rotatable bonds is 6. The smallest absolute Gasteiger partial charge is 0.122 e. The van der Waals surface area contributed by atoms with Crippen LogP contribution in [0.15, 0.2) is 24.3 Å². The molecular formula is C15H24ClNO2. The van der Waals surface area contributed by atoms with Crippen LogP contribution < -0.4 is 14.8 Å². The van der Waals surface area contributed by atoms with E-state index in [0.717, 1.165) is 31.1 Å². The first-order valence-corrected chi connectivity index (χ1v) is 6.97. The average molecular weight is 286 g/mol. The van der Waals surface area contributed by atoms with Crippen LogP contribution in [0.25, 0.3) is 0 Å². The van der Waals surface area contributed by atoms with Gasteiger partial charge in [0.2, 0.25) is 0 Å². The van der Waals surface area contributed by atoms with Crippen molar-refractivity contribution in [2.45, 2.75) is 38.6 Å². The van der Waals surface area contributed by atoms with Gasteiger partial charge in [-0.2, -0.15) is 0 Å². The summed E-state index contributed by atoms with van der Waals surface area (Å²) in [6, 6.07) is 8.50. The van der Waals surface area contributed by atoms with E-state index in [0.29, 0.717) is 12.6 Å². The fourth-order valence-electron chi connectivity index (χ4n) is 2.31. The summed E-state index contributed by atoms with van der Waals surface area (Å²) in [6.07, 6.45) is 5.02. The molecule has 0 spiro atoms. The first kappa shape index (κ1) is 16.1. The fourth-order valence-corrected chi connectivity index (χ4v) is 2.31. The van der Waals surface area contributed by atoms with Gasteiger partial charge in [-0.05, 0) is 44.9 Å². The zero-order valence-corrected chi connectivity index (χ0v) is 12.4. The minimum absolute atomic E-state index is 0. The second-order valence-corrected chi connectivity index (χ2v) is 4.69. The lowest BCUT2D eigenvalue weighted by Gasteiger charge is -2.23.